The van der Waals surface area contributed by atoms with E-state index in [1.165, 1.54) is 33.9 Å². The summed E-state index contributed by atoms with van der Waals surface area (Å²) in [4.78, 5) is 11.4. The Balaban J connectivity index is 1.81. The van der Waals surface area contributed by atoms with Crippen molar-refractivity contribution in [3.05, 3.63) is 94.9 Å². The van der Waals surface area contributed by atoms with Crippen LogP contribution in [-0.4, -0.2) is 5.97 Å². The van der Waals surface area contributed by atoms with Crippen molar-refractivity contribution >= 4 is 5.97 Å². The summed E-state index contributed by atoms with van der Waals surface area (Å²) in [5, 5.41) is 0. The van der Waals surface area contributed by atoms with Crippen LogP contribution in [0.15, 0.2) is 94.9 Å². The Kier molecular flexibility index (Phi) is 2.58. The summed E-state index contributed by atoms with van der Waals surface area (Å²) in [5.41, 5.74) is 6.43. The van der Waals surface area contributed by atoms with Crippen LogP contribution >= 0.6 is 0 Å². The number of allylic oxidation sites excluding steroid dienone is 13. The minimum Gasteiger partial charge on any atom is -0.423 e. The first-order chi connectivity index (χ1) is 10.3. The molecule has 0 aromatic rings. The minimum atomic E-state index is -0.426. The summed E-state index contributed by atoms with van der Waals surface area (Å²) >= 11 is 0. The summed E-state index contributed by atoms with van der Waals surface area (Å²) in [6.45, 7) is 3.43. The lowest BCUT2D eigenvalue weighted by molar-refractivity contribution is -0.133. The quantitative estimate of drug-likeness (QED) is 0.565. The highest BCUT2D eigenvalue weighted by Crippen LogP contribution is 2.47. The SMILES string of the molecule is C=CC(=O)OC1=CC2=CC=C3CC=CC4=C3C2C(=C1)C=C4. The van der Waals surface area contributed by atoms with Crippen LogP contribution in [0, 0.1) is 5.92 Å². The Bertz CT molecular complexity index is 776. The Morgan fingerprint density at radius 2 is 2.10 bits per heavy atom. The molecule has 0 saturated heterocycles. The van der Waals surface area contributed by atoms with E-state index in [2.05, 4.69) is 43.0 Å². The standard InChI is InChI=1S/C19H14O2/c1-2-17(20)21-16-10-14-8-6-12-4-3-5-13-7-9-15(11-16)19(14)18(12)13/h2-4,6-11,19H,1,5H2. The van der Waals surface area contributed by atoms with E-state index in [0.717, 1.165) is 6.42 Å². The summed E-state index contributed by atoms with van der Waals surface area (Å²) in [6, 6.07) is 0. The van der Waals surface area contributed by atoms with Gasteiger partial charge < -0.3 is 4.74 Å². The van der Waals surface area contributed by atoms with E-state index in [9.17, 15) is 4.79 Å². The summed E-state index contributed by atoms with van der Waals surface area (Å²) in [5.74, 6) is 0.430. The maximum Gasteiger partial charge on any atom is 0.335 e. The van der Waals surface area contributed by atoms with Gasteiger partial charge in [0.25, 0.3) is 0 Å². The second-order valence-electron chi connectivity index (χ2n) is 5.42. The molecule has 0 saturated carbocycles. The second-order valence-corrected chi connectivity index (χ2v) is 5.42. The Labute approximate surface area is 123 Å². The molecule has 2 heteroatoms. The smallest absolute Gasteiger partial charge is 0.335 e. The summed E-state index contributed by atoms with van der Waals surface area (Å²) in [7, 11) is 0. The number of hydrogen-bond acceptors (Lipinski definition) is 2. The molecule has 0 spiro atoms. The Morgan fingerprint density at radius 3 is 2.95 bits per heavy atom. The molecule has 4 rings (SSSR count). The molecule has 21 heavy (non-hydrogen) atoms. The van der Waals surface area contributed by atoms with Crippen molar-refractivity contribution in [2.75, 3.05) is 0 Å². The molecule has 0 heterocycles. The third kappa shape index (κ3) is 1.83. The normalized spacial score (nSPS) is 24.5. The van der Waals surface area contributed by atoms with Crippen molar-refractivity contribution in [2.45, 2.75) is 6.42 Å². The van der Waals surface area contributed by atoms with Crippen LogP contribution in [0.25, 0.3) is 0 Å². The lowest BCUT2D eigenvalue weighted by atomic mass is 9.69. The first-order valence-electron chi connectivity index (χ1n) is 7.04. The fraction of sp³-hybridized carbons (Fsp3) is 0.105. The average molecular weight is 274 g/mol. The highest BCUT2D eigenvalue weighted by atomic mass is 16.5. The second kappa shape index (κ2) is 4.45. The minimum absolute atomic E-state index is 0.279. The van der Waals surface area contributed by atoms with Gasteiger partial charge in [0, 0.05) is 12.0 Å². The van der Waals surface area contributed by atoms with Crippen LogP contribution in [0.1, 0.15) is 6.42 Å². The molecule has 102 valence electrons. The van der Waals surface area contributed by atoms with E-state index < -0.39 is 5.97 Å². The van der Waals surface area contributed by atoms with E-state index in [1.54, 1.807) is 0 Å². The van der Waals surface area contributed by atoms with E-state index in [-0.39, 0.29) is 5.92 Å². The number of rotatable bonds is 2. The third-order valence-electron chi connectivity index (χ3n) is 4.18. The molecule has 0 bridgehead atoms. The summed E-state index contributed by atoms with van der Waals surface area (Å²) < 4.78 is 5.28. The number of carbonyl (C=O) groups excluding carboxylic acids is 1. The van der Waals surface area contributed by atoms with E-state index >= 15 is 0 Å². The molecule has 4 aliphatic rings. The molecule has 1 unspecified atom stereocenters. The first kappa shape index (κ1) is 12.2. The predicted octanol–water partition coefficient (Wildman–Crippen LogP) is 3.85. The molecule has 1 atom stereocenters. The summed E-state index contributed by atoms with van der Waals surface area (Å²) in [6.07, 6.45) is 19.0. The van der Waals surface area contributed by atoms with Crippen LogP contribution in [0.2, 0.25) is 0 Å². The molecule has 0 aromatic carbocycles. The van der Waals surface area contributed by atoms with Gasteiger partial charge in [-0.3, -0.25) is 0 Å². The molecule has 2 nitrogen and oxygen atoms in total. The number of hydrogen-bond donors (Lipinski definition) is 0. The van der Waals surface area contributed by atoms with Crippen molar-refractivity contribution < 1.29 is 9.53 Å². The van der Waals surface area contributed by atoms with Crippen LogP contribution < -0.4 is 0 Å². The zero-order chi connectivity index (χ0) is 14.4. The van der Waals surface area contributed by atoms with Gasteiger partial charge in [-0.15, -0.1) is 0 Å². The Hall–Kier alpha value is -2.61. The highest BCUT2D eigenvalue weighted by Gasteiger charge is 2.33. The number of carbonyl (C=O) groups is 1. The van der Waals surface area contributed by atoms with Crippen LogP contribution in [0.5, 0.6) is 0 Å². The van der Waals surface area contributed by atoms with Crippen molar-refractivity contribution in [3.8, 4) is 0 Å². The third-order valence-corrected chi connectivity index (χ3v) is 4.18. The van der Waals surface area contributed by atoms with Crippen LogP contribution in [0.4, 0.5) is 0 Å². The van der Waals surface area contributed by atoms with Gasteiger partial charge in [0.1, 0.15) is 5.76 Å². The molecule has 0 radical (unpaired) electrons. The predicted molar refractivity (Wildman–Crippen MR) is 82.0 cm³/mol. The fourth-order valence-corrected chi connectivity index (χ4v) is 3.30. The zero-order valence-electron chi connectivity index (χ0n) is 11.5. The number of esters is 1. The van der Waals surface area contributed by atoms with Gasteiger partial charge in [-0.2, -0.15) is 0 Å². The van der Waals surface area contributed by atoms with Gasteiger partial charge in [-0.25, -0.2) is 4.79 Å². The Morgan fingerprint density at radius 1 is 1.19 bits per heavy atom. The van der Waals surface area contributed by atoms with Gasteiger partial charge >= 0.3 is 5.97 Å². The largest absolute Gasteiger partial charge is 0.423 e. The molecule has 0 aliphatic heterocycles. The molecule has 0 N–H and O–H groups in total. The molecule has 0 aromatic heterocycles. The van der Waals surface area contributed by atoms with Gasteiger partial charge in [0.15, 0.2) is 0 Å². The van der Waals surface area contributed by atoms with Crippen LogP contribution in [0.3, 0.4) is 0 Å². The maximum atomic E-state index is 11.4. The highest BCUT2D eigenvalue weighted by molar-refractivity contribution is 5.82. The molecular formula is C19H14O2. The van der Waals surface area contributed by atoms with Gasteiger partial charge in [-0.1, -0.05) is 43.0 Å². The monoisotopic (exact) mass is 274 g/mol. The van der Waals surface area contributed by atoms with Gasteiger partial charge in [0.05, 0.1) is 0 Å². The van der Waals surface area contributed by atoms with Crippen molar-refractivity contribution in [1.82, 2.24) is 0 Å². The van der Waals surface area contributed by atoms with E-state index in [1.807, 2.05) is 12.2 Å². The molecule has 0 fully saturated rings. The van der Waals surface area contributed by atoms with Crippen LogP contribution in [-0.2, 0) is 9.53 Å². The average Bonchev–Trinajstić information content (AvgIpc) is 2.52. The molecule has 4 aliphatic carbocycles. The topological polar surface area (TPSA) is 26.3 Å². The van der Waals surface area contributed by atoms with Crippen molar-refractivity contribution in [2.24, 2.45) is 5.92 Å². The van der Waals surface area contributed by atoms with Crippen molar-refractivity contribution in [3.63, 3.8) is 0 Å². The lowest BCUT2D eigenvalue weighted by Crippen LogP contribution is -2.22. The number of ether oxygens (including phenoxy) is 1. The van der Waals surface area contributed by atoms with Gasteiger partial charge in [-0.05, 0) is 46.4 Å². The molecule has 0 amide bonds. The fourth-order valence-electron chi connectivity index (χ4n) is 3.30. The van der Waals surface area contributed by atoms with E-state index in [0.29, 0.717) is 5.76 Å². The van der Waals surface area contributed by atoms with Crippen molar-refractivity contribution in [1.29, 1.82) is 0 Å². The molecular weight excluding hydrogens is 260 g/mol. The van der Waals surface area contributed by atoms with Gasteiger partial charge in [0.2, 0.25) is 0 Å². The maximum absolute atomic E-state index is 11.4. The first-order valence-corrected chi connectivity index (χ1v) is 7.04. The lowest BCUT2D eigenvalue weighted by Gasteiger charge is -2.35. The van der Waals surface area contributed by atoms with E-state index in [4.69, 9.17) is 4.74 Å². The zero-order valence-corrected chi connectivity index (χ0v) is 11.5.